The molecule has 0 aliphatic carbocycles. The Balaban J connectivity index is 1.38. The van der Waals surface area contributed by atoms with Gasteiger partial charge in [0.2, 0.25) is 0 Å². The first-order valence-electron chi connectivity index (χ1n) is 11.6. The van der Waals surface area contributed by atoms with Gasteiger partial charge in [-0.3, -0.25) is 4.98 Å². The van der Waals surface area contributed by atoms with E-state index in [2.05, 4.69) is 67.5 Å². The van der Waals surface area contributed by atoms with Crippen LogP contribution in [0.3, 0.4) is 0 Å². The standard InChI is InChI=1S/C30H20BNO2/c1-31-30-17-20(18-10-12-23-21-6-2-4-8-26(21)33-28(23)15-18)14-25(32-30)19-11-13-24-22-7-3-5-9-27(22)34-29(24)16-19/h2-17,31H,1H3. The first kappa shape index (κ1) is 19.2. The van der Waals surface area contributed by atoms with Crippen LogP contribution in [0, 0.1) is 0 Å². The van der Waals surface area contributed by atoms with Crippen LogP contribution >= 0.6 is 0 Å². The molecule has 4 aromatic carbocycles. The number of hydrogen-bond acceptors (Lipinski definition) is 3. The minimum atomic E-state index is 0.862. The van der Waals surface area contributed by atoms with Crippen LogP contribution in [0.25, 0.3) is 66.3 Å². The summed E-state index contributed by atoms with van der Waals surface area (Å²) in [6.45, 7) is 2.14. The summed E-state index contributed by atoms with van der Waals surface area (Å²) in [4.78, 5) is 4.94. The average molecular weight is 437 g/mol. The van der Waals surface area contributed by atoms with Gasteiger partial charge in [-0.05, 0) is 59.7 Å². The van der Waals surface area contributed by atoms with E-state index in [1.807, 2.05) is 36.4 Å². The van der Waals surface area contributed by atoms with Gasteiger partial charge in [0.25, 0.3) is 0 Å². The molecule has 0 N–H and O–H groups in total. The summed E-state index contributed by atoms with van der Waals surface area (Å²) in [7, 11) is 0.862. The SMILES string of the molecule is CBc1cc(-c2ccc3c(c2)oc2ccccc23)cc(-c2ccc3c(c2)oc2ccccc23)n1. The third-order valence-corrected chi connectivity index (χ3v) is 6.63. The van der Waals surface area contributed by atoms with Crippen molar-refractivity contribution >= 4 is 56.7 Å². The van der Waals surface area contributed by atoms with Gasteiger partial charge in [-0.15, -0.1) is 0 Å². The van der Waals surface area contributed by atoms with Gasteiger partial charge in [0.15, 0.2) is 7.28 Å². The Morgan fingerprint density at radius 2 is 1.09 bits per heavy atom. The van der Waals surface area contributed by atoms with E-state index in [4.69, 9.17) is 13.8 Å². The molecule has 0 atom stereocenters. The number of nitrogens with zero attached hydrogens (tertiary/aromatic N) is 1. The molecule has 0 unspecified atom stereocenters. The molecule has 0 saturated heterocycles. The molecule has 0 amide bonds. The van der Waals surface area contributed by atoms with E-state index < -0.39 is 0 Å². The topological polar surface area (TPSA) is 39.2 Å². The molecule has 3 aromatic heterocycles. The van der Waals surface area contributed by atoms with Crippen LogP contribution in [0.5, 0.6) is 0 Å². The van der Waals surface area contributed by atoms with Crippen LogP contribution in [-0.4, -0.2) is 12.3 Å². The maximum Gasteiger partial charge on any atom is 0.179 e. The summed E-state index contributed by atoms with van der Waals surface area (Å²) in [5.74, 6) is 0. The lowest BCUT2D eigenvalue weighted by atomic mass is 9.76. The van der Waals surface area contributed by atoms with Crippen LogP contribution in [0.2, 0.25) is 6.82 Å². The lowest BCUT2D eigenvalue weighted by molar-refractivity contribution is 0.668. The molecule has 0 bridgehead atoms. The van der Waals surface area contributed by atoms with E-state index >= 15 is 0 Å². The Kier molecular flexibility index (Phi) is 4.15. The number of rotatable bonds is 3. The number of benzene rings is 4. The lowest BCUT2D eigenvalue weighted by Gasteiger charge is -2.09. The number of para-hydroxylation sites is 2. The van der Waals surface area contributed by atoms with Gasteiger partial charge in [-0.1, -0.05) is 55.4 Å². The van der Waals surface area contributed by atoms with E-state index in [1.165, 1.54) is 0 Å². The maximum absolute atomic E-state index is 6.14. The second-order valence-corrected chi connectivity index (χ2v) is 8.70. The fourth-order valence-corrected chi connectivity index (χ4v) is 4.87. The predicted octanol–water partition coefficient (Wildman–Crippen LogP) is 7.32. The van der Waals surface area contributed by atoms with Crippen molar-refractivity contribution < 1.29 is 8.83 Å². The molecule has 0 radical (unpaired) electrons. The Hall–Kier alpha value is -4.31. The fraction of sp³-hybridized carbons (Fsp3) is 0.0333. The van der Waals surface area contributed by atoms with E-state index in [9.17, 15) is 0 Å². The van der Waals surface area contributed by atoms with Gasteiger partial charge < -0.3 is 8.83 Å². The zero-order chi connectivity index (χ0) is 22.6. The molecule has 3 heterocycles. The fourth-order valence-electron chi connectivity index (χ4n) is 4.87. The number of aromatic nitrogens is 1. The van der Waals surface area contributed by atoms with Crippen molar-refractivity contribution in [3.63, 3.8) is 0 Å². The summed E-state index contributed by atoms with van der Waals surface area (Å²) in [6.07, 6.45) is 0. The smallest absolute Gasteiger partial charge is 0.179 e. The van der Waals surface area contributed by atoms with Gasteiger partial charge >= 0.3 is 0 Å². The molecular weight excluding hydrogens is 417 g/mol. The van der Waals surface area contributed by atoms with Crippen LogP contribution in [0.4, 0.5) is 0 Å². The molecule has 0 saturated carbocycles. The highest BCUT2D eigenvalue weighted by Crippen LogP contribution is 2.34. The molecule has 7 rings (SSSR count). The van der Waals surface area contributed by atoms with Crippen LogP contribution in [-0.2, 0) is 0 Å². The second kappa shape index (κ2) is 7.36. The Morgan fingerprint density at radius 3 is 1.74 bits per heavy atom. The first-order chi connectivity index (χ1) is 16.8. The highest BCUT2D eigenvalue weighted by atomic mass is 16.3. The predicted molar refractivity (Wildman–Crippen MR) is 142 cm³/mol. The molecule has 0 fully saturated rings. The normalized spacial score (nSPS) is 11.7. The van der Waals surface area contributed by atoms with Crippen molar-refractivity contribution in [2.75, 3.05) is 0 Å². The highest BCUT2D eigenvalue weighted by Gasteiger charge is 2.13. The maximum atomic E-state index is 6.14. The van der Waals surface area contributed by atoms with Crippen molar-refractivity contribution in [3.05, 3.63) is 97.1 Å². The van der Waals surface area contributed by atoms with Crippen molar-refractivity contribution in [3.8, 4) is 22.4 Å². The minimum absolute atomic E-state index is 0.862. The van der Waals surface area contributed by atoms with Gasteiger partial charge in [0.05, 0.1) is 5.69 Å². The Labute approximate surface area is 196 Å². The summed E-state index contributed by atoms with van der Waals surface area (Å²) in [6, 6.07) is 33.5. The molecule has 34 heavy (non-hydrogen) atoms. The third kappa shape index (κ3) is 2.96. The van der Waals surface area contributed by atoms with Gasteiger partial charge in [-0.25, -0.2) is 0 Å². The van der Waals surface area contributed by atoms with E-state index in [-0.39, 0.29) is 0 Å². The van der Waals surface area contributed by atoms with E-state index in [1.54, 1.807) is 0 Å². The summed E-state index contributed by atoms with van der Waals surface area (Å²) in [5.41, 5.74) is 8.91. The van der Waals surface area contributed by atoms with Gasteiger partial charge in [0, 0.05) is 32.7 Å². The Morgan fingerprint density at radius 1 is 0.529 bits per heavy atom. The number of fused-ring (bicyclic) bond motifs is 6. The first-order valence-corrected chi connectivity index (χ1v) is 11.6. The van der Waals surface area contributed by atoms with Gasteiger partial charge in [-0.2, -0.15) is 0 Å². The van der Waals surface area contributed by atoms with Gasteiger partial charge in [0.1, 0.15) is 22.3 Å². The number of hydrogen-bond donors (Lipinski definition) is 0. The van der Waals surface area contributed by atoms with Crippen LogP contribution in [0.15, 0.2) is 106 Å². The van der Waals surface area contributed by atoms with Crippen LogP contribution in [0.1, 0.15) is 0 Å². The summed E-state index contributed by atoms with van der Waals surface area (Å²) < 4.78 is 12.3. The molecule has 0 aliphatic heterocycles. The second-order valence-electron chi connectivity index (χ2n) is 8.70. The number of pyridine rings is 1. The van der Waals surface area contributed by atoms with Crippen LogP contribution < -0.4 is 5.59 Å². The summed E-state index contributed by atoms with van der Waals surface area (Å²) >= 11 is 0. The number of furan rings is 2. The molecule has 4 heteroatoms. The van der Waals surface area contributed by atoms with Crippen molar-refractivity contribution in [1.29, 1.82) is 0 Å². The molecule has 3 nitrogen and oxygen atoms in total. The van der Waals surface area contributed by atoms with E-state index in [0.717, 1.165) is 79.1 Å². The molecule has 0 aliphatic rings. The van der Waals surface area contributed by atoms with E-state index in [0.29, 0.717) is 0 Å². The summed E-state index contributed by atoms with van der Waals surface area (Å²) in [5, 5.41) is 4.55. The third-order valence-electron chi connectivity index (χ3n) is 6.63. The highest BCUT2D eigenvalue weighted by molar-refractivity contribution is 6.51. The zero-order valence-corrected chi connectivity index (χ0v) is 18.7. The Bertz CT molecular complexity index is 1730. The lowest BCUT2D eigenvalue weighted by Crippen LogP contribution is -2.16. The molecule has 160 valence electrons. The van der Waals surface area contributed by atoms with Crippen molar-refractivity contribution in [2.45, 2.75) is 6.82 Å². The molecular formula is C30H20BNO2. The minimum Gasteiger partial charge on any atom is -0.456 e. The average Bonchev–Trinajstić information content (AvgIpc) is 3.45. The monoisotopic (exact) mass is 437 g/mol. The molecule has 7 aromatic rings. The zero-order valence-electron chi connectivity index (χ0n) is 18.7. The van der Waals surface area contributed by atoms with Crippen molar-refractivity contribution in [1.82, 2.24) is 4.98 Å². The van der Waals surface area contributed by atoms with Crippen molar-refractivity contribution in [2.24, 2.45) is 0 Å². The largest absolute Gasteiger partial charge is 0.456 e. The quantitative estimate of drug-likeness (QED) is 0.272. The molecule has 0 spiro atoms.